The lowest BCUT2D eigenvalue weighted by molar-refractivity contribution is 0.174. The van der Waals surface area contributed by atoms with Crippen molar-refractivity contribution in [3.63, 3.8) is 0 Å². The summed E-state index contributed by atoms with van der Waals surface area (Å²) in [6.45, 7) is 3.38. The summed E-state index contributed by atoms with van der Waals surface area (Å²) < 4.78 is 0. The molecule has 1 saturated heterocycles. The number of likely N-dealkylation sites (tertiary alicyclic amines) is 1. The van der Waals surface area contributed by atoms with Crippen LogP contribution in [-0.4, -0.2) is 53.7 Å². The van der Waals surface area contributed by atoms with E-state index in [2.05, 4.69) is 52.5 Å². The predicted octanol–water partition coefficient (Wildman–Crippen LogP) is 4.61. The fourth-order valence-electron chi connectivity index (χ4n) is 4.51. The molecule has 1 aromatic carbocycles. The Morgan fingerprint density at radius 2 is 1.63 bits per heavy atom. The van der Waals surface area contributed by atoms with Gasteiger partial charge in [-0.05, 0) is 70.0 Å². The summed E-state index contributed by atoms with van der Waals surface area (Å²) in [5.74, 6) is 0. The van der Waals surface area contributed by atoms with Gasteiger partial charge < -0.3 is 15.1 Å². The van der Waals surface area contributed by atoms with E-state index in [1.807, 2.05) is 0 Å². The molecule has 1 aromatic rings. The third-order valence-electron chi connectivity index (χ3n) is 6.31. The van der Waals surface area contributed by atoms with Crippen molar-refractivity contribution in [2.75, 3.05) is 26.7 Å². The molecule has 0 aromatic heterocycles. The Kier molecular flexibility index (Phi) is 8.40. The normalized spacial score (nSPS) is 20.6. The minimum atomic E-state index is 0.572. The topological polar surface area (TPSA) is 18.5 Å². The van der Waals surface area contributed by atoms with Crippen LogP contribution in [0.3, 0.4) is 0 Å². The molecule has 3 nitrogen and oxygen atoms in total. The van der Waals surface area contributed by atoms with Gasteiger partial charge in [-0.2, -0.15) is 0 Å². The van der Waals surface area contributed by atoms with E-state index >= 15 is 0 Å². The Labute approximate surface area is 171 Å². The summed E-state index contributed by atoms with van der Waals surface area (Å²) in [6, 6.07) is 12.0. The highest BCUT2D eigenvalue weighted by molar-refractivity contribution is 7.80. The summed E-state index contributed by atoms with van der Waals surface area (Å²) in [4.78, 5) is 4.96. The number of nitrogens with one attached hydrogen (secondary N) is 1. The molecule has 1 heterocycles. The summed E-state index contributed by atoms with van der Waals surface area (Å²) >= 11 is 5.96. The molecule has 0 unspecified atom stereocenters. The molecular weight excluding hydrogens is 350 g/mol. The fourth-order valence-corrected chi connectivity index (χ4v) is 4.92. The van der Waals surface area contributed by atoms with Crippen molar-refractivity contribution in [1.29, 1.82) is 0 Å². The smallest absolute Gasteiger partial charge is 0.169 e. The van der Waals surface area contributed by atoms with Gasteiger partial charge >= 0.3 is 0 Å². The zero-order valence-corrected chi connectivity index (χ0v) is 17.9. The first kappa shape index (κ1) is 20.6. The highest BCUT2D eigenvalue weighted by Gasteiger charge is 2.26. The first-order valence-corrected chi connectivity index (χ1v) is 11.4. The maximum atomic E-state index is 5.96. The quantitative estimate of drug-likeness (QED) is 0.743. The van der Waals surface area contributed by atoms with E-state index in [1.54, 1.807) is 0 Å². The number of nitrogens with zero attached hydrogens (tertiary/aromatic N) is 2. The van der Waals surface area contributed by atoms with E-state index in [4.69, 9.17) is 12.2 Å². The average Bonchev–Trinajstić information content (AvgIpc) is 2.66. The van der Waals surface area contributed by atoms with Gasteiger partial charge in [-0.25, -0.2) is 0 Å². The molecule has 1 aliphatic carbocycles. The van der Waals surface area contributed by atoms with Gasteiger partial charge in [0, 0.05) is 18.6 Å². The largest absolute Gasteiger partial charge is 0.360 e. The van der Waals surface area contributed by atoms with Crippen LogP contribution in [0.2, 0.25) is 0 Å². The molecule has 2 aliphatic rings. The van der Waals surface area contributed by atoms with E-state index in [0.29, 0.717) is 12.1 Å². The second-order valence-corrected chi connectivity index (χ2v) is 8.84. The summed E-state index contributed by atoms with van der Waals surface area (Å²) in [5.41, 5.74) is 1.41. The van der Waals surface area contributed by atoms with Crippen LogP contribution in [0.15, 0.2) is 30.3 Å². The zero-order chi connectivity index (χ0) is 18.9. The molecule has 0 atom stereocenters. The van der Waals surface area contributed by atoms with Gasteiger partial charge in [0.05, 0.1) is 0 Å². The Hall–Kier alpha value is -1.13. The lowest BCUT2D eigenvalue weighted by Gasteiger charge is -2.40. The van der Waals surface area contributed by atoms with E-state index in [1.165, 1.54) is 76.4 Å². The zero-order valence-electron chi connectivity index (χ0n) is 17.0. The maximum Gasteiger partial charge on any atom is 0.169 e. The van der Waals surface area contributed by atoms with E-state index in [9.17, 15) is 0 Å². The summed E-state index contributed by atoms with van der Waals surface area (Å²) in [7, 11) is 2.23. The predicted molar refractivity (Wildman–Crippen MR) is 119 cm³/mol. The van der Waals surface area contributed by atoms with Crippen molar-refractivity contribution < 1.29 is 0 Å². The molecule has 1 saturated carbocycles. The molecule has 1 aliphatic heterocycles. The minimum absolute atomic E-state index is 0.572. The monoisotopic (exact) mass is 387 g/mol. The number of thiocarbonyl (C=S) groups is 1. The number of benzene rings is 1. The number of rotatable bonds is 5. The van der Waals surface area contributed by atoms with Crippen LogP contribution in [-0.2, 0) is 6.42 Å². The van der Waals surface area contributed by atoms with E-state index in [-0.39, 0.29) is 0 Å². The molecule has 150 valence electrons. The van der Waals surface area contributed by atoms with Crippen LogP contribution in [0.5, 0.6) is 0 Å². The molecule has 0 amide bonds. The Bertz CT molecular complexity index is 546. The second kappa shape index (κ2) is 11.0. The van der Waals surface area contributed by atoms with Crippen LogP contribution < -0.4 is 5.32 Å². The number of hydrogen-bond donors (Lipinski definition) is 1. The molecule has 0 spiro atoms. The third kappa shape index (κ3) is 6.76. The van der Waals surface area contributed by atoms with Crippen molar-refractivity contribution in [2.45, 2.75) is 76.3 Å². The molecular formula is C23H37N3S. The minimum Gasteiger partial charge on any atom is -0.360 e. The van der Waals surface area contributed by atoms with Crippen LogP contribution >= 0.6 is 12.2 Å². The van der Waals surface area contributed by atoms with E-state index in [0.717, 1.165) is 18.1 Å². The molecule has 0 bridgehead atoms. The lowest BCUT2D eigenvalue weighted by Crippen LogP contribution is -2.52. The Morgan fingerprint density at radius 1 is 1.00 bits per heavy atom. The molecule has 3 rings (SSSR count). The van der Waals surface area contributed by atoms with Gasteiger partial charge in [0.1, 0.15) is 0 Å². The van der Waals surface area contributed by atoms with Crippen LogP contribution in [0.25, 0.3) is 0 Å². The highest BCUT2D eigenvalue weighted by atomic mass is 32.1. The molecule has 4 heteroatoms. The highest BCUT2D eigenvalue weighted by Crippen LogP contribution is 2.20. The average molecular weight is 388 g/mol. The van der Waals surface area contributed by atoms with Gasteiger partial charge in [0.15, 0.2) is 5.11 Å². The first-order valence-electron chi connectivity index (χ1n) is 11.0. The van der Waals surface area contributed by atoms with Gasteiger partial charge in [-0.1, -0.05) is 62.4 Å². The first-order chi connectivity index (χ1) is 13.2. The maximum absolute atomic E-state index is 5.96. The third-order valence-corrected chi connectivity index (χ3v) is 6.66. The summed E-state index contributed by atoms with van der Waals surface area (Å²) in [6.07, 6.45) is 12.9. The second-order valence-electron chi connectivity index (χ2n) is 8.45. The van der Waals surface area contributed by atoms with Crippen molar-refractivity contribution in [3.8, 4) is 0 Å². The molecule has 0 radical (unpaired) electrons. The SMILES string of the molecule is CN1CCC(N(CCc2ccccc2)C(=S)NC2CCCCCCC2)CC1. The molecule has 27 heavy (non-hydrogen) atoms. The van der Waals surface area contributed by atoms with Crippen LogP contribution in [0, 0.1) is 0 Å². The van der Waals surface area contributed by atoms with Gasteiger partial charge in [0.25, 0.3) is 0 Å². The van der Waals surface area contributed by atoms with Gasteiger partial charge in [-0.15, -0.1) is 0 Å². The van der Waals surface area contributed by atoms with Crippen molar-refractivity contribution in [3.05, 3.63) is 35.9 Å². The fraction of sp³-hybridized carbons (Fsp3) is 0.696. The Balaban J connectivity index is 1.61. The standard InChI is InChI=1S/C23H37N3S/c1-25-17-15-22(16-18-25)26(19-14-20-10-6-5-7-11-20)23(27)24-21-12-8-3-2-4-9-13-21/h5-7,10-11,21-22H,2-4,8-9,12-19H2,1H3,(H,24,27). The lowest BCUT2D eigenvalue weighted by atomic mass is 9.97. The van der Waals surface area contributed by atoms with Gasteiger partial charge in [0.2, 0.25) is 0 Å². The summed E-state index contributed by atoms with van der Waals surface area (Å²) in [5, 5.41) is 4.78. The Morgan fingerprint density at radius 3 is 2.30 bits per heavy atom. The van der Waals surface area contributed by atoms with Crippen molar-refractivity contribution in [2.24, 2.45) is 0 Å². The molecule has 1 N–H and O–H groups in total. The number of piperidine rings is 1. The molecule has 2 fully saturated rings. The van der Waals surface area contributed by atoms with Crippen LogP contribution in [0.1, 0.15) is 63.4 Å². The van der Waals surface area contributed by atoms with Gasteiger partial charge in [-0.3, -0.25) is 0 Å². The van der Waals surface area contributed by atoms with Crippen molar-refractivity contribution in [1.82, 2.24) is 15.1 Å². The van der Waals surface area contributed by atoms with E-state index < -0.39 is 0 Å². The number of hydrogen-bond acceptors (Lipinski definition) is 2. The van der Waals surface area contributed by atoms with Crippen molar-refractivity contribution >= 4 is 17.3 Å². The van der Waals surface area contributed by atoms with Crippen LogP contribution in [0.4, 0.5) is 0 Å².